The van der Waals surface area contributed by atoms with E-state index in [2.05, 4.69) is 37.1 Å². The highest BCUT2D eigenvalue weighted by Crippen LogP contribution is 2.37. The Morgan fingerprint density at radius 1 is 1.09 bits per heavy atom. The van der Waals surface area contributed by atoms with E-state index in [4.69, 9.17) is 35.3 Å². The van der Waals surface area contributed by atoms with E-state index in [9.17, 15) is 14.7 Å². The van der Waals surface area contributed by atoms with Gasteiger partial charge in [-0.05, 0) is 82.9 Å². The van der Waals surface area contributed by atoms with Gasteiger partial charge in [0, 0.05) is 10.7 Å². The minimum atomic E-state index is -1.17. The van der Waals surface area contributed by atoms with Gasteiger partial charge in [0.25, 0.3) is 0 Å². The number of aliphatic hydroxyl groups excluding tert-OH is 1. The number of methoxy groups -OCH3 is 2. The molecule has 244 valence electrons. The number of nitrogens with zero attached hydrogens (tertiary/aromatic N) is 1. The maximum absolute atomic E-state index is 12.5. The number of aliphatic hydroxyl groups is 1. The van der Waals surface area contributed by atoms with E-state index in [0.29, 0.717) is 62.5 Å². The summed E-state index contributed by atoms with van der Waals surface area (Å²) in [6.45, 7) is 3.91. The summed E-state index contributed by atoms with van der Waals surface area (Å²) in [7, 11) is 2.81. The molecule has 2 atom stereocenters. The third kappa shape index (κ3) is 8.83. The molecule has 1 aliphatic heterocycles. The van der Waals surface area contributed by atoms with Crippen molar-refractivity contribution < 1.29 is 38.4 Å². The lowest BCUT2D eigenvalue weighted by Gasteiger charge is -2.28. The van der Waals surface area contributed by atoms with Gasteiger partial charge in [0.2, 0.25) is 0 Å². The fourth-order valence-corrected chi connectivity index (χ4v) is 5.21. The smallest absolute Gasteiger partial charge is 0.337 e. The quantitative estimate of drug-likeness (QED) is 0.0764. The van der Waals surface area contributed by atoms with Crippen molar-refractivity contribution in [2.75, 3.05) is 27.4 Å². The highest BCUT2D eigenvalue weighted by Gasteiger charge is 2.32. The Balaban J connectivity index is 1.38. The molecule has 12 nitrogen and oxygen atoms in total. The number of hydrazone groups is 1. The van der Waals surface area contributed by atoms with Crippen molar-refractivity contribution in [2.45, 2.75) is 32.7 Å². The number of urea groups is 1. The van der Waals surface area contributed by atoms with Gasteiger partial charge in [-0.1, -0.05) is 29.8 Å². The van der Waals surface area contributed by atoms with Crippen molar-refractivity contribution in [2.24, 2.45) is 5.10 Å². The standard InChI is InChI=1S/C32H34BrClN4O8/c1-5-44-25-14-21(29-28(31(40)43-4)18(2)36-32(41)37-29)8-11-24(25)45-17-27(39)38-35-15-20-12-23(33)30(26(13-20)42-3)46-16-19-6-9-22(34)10-7-19/h6-15,27,29,38-39H,5,16-17H2,1-4H3,(H2,36,37,41)/b35-15-/t27-,29+/m0/s1. The van der Waals surface area contributed by atoms with Crippen LogP contribution in [0.3, 0.4) is 0 Å². The van der Waals surface area contributed by atoms with Crippen molar-refractivity contribution in [1.82, 2.24) is 16.1 Å². The first kappa shape index (κ1) is 34.4. The molecular weight excluding hydrogens is 684 g/mol. The predicted octanol–water partition coefficient (Wildman–Crippen LogP) is 5.21. The summed E-state index contributed by atoms with van der Waals surface area (Å²) in [5, 5.41) is 20.6. The monoisotopic (exact) mass is 716 g/mol. The van der Waals surface area contributed by atoms with Gasteiger partial charge in [0.15, 0.2) is 29.2 Å². The van der Waals surface area contributed by atoms with E-state index in [0.717, 1.165) is 5.56 Å². The van der Waals surface area contributed by atoms with E-state index < -0.39 is 24.3 Å². The van der Waals surface area contributed by atoms with Crippen LogP contribution in [0.1, 0.15) is 36.6 Å². The summed E-state index contributed by atoms with van der Waals surface area (Å²) in [5.74, 6) is 1.16. The molecule has 0 unspecified atom stereocenters. The van der Waals surface area contributed by atoms with Crippen molar-refractivity contribution in [1.29, 1.82) is 0 Å². The van der Waals surface area contributed by atoms with Crippen LogP contribution in [0.4, 0.5) is 4.79 Å². The second-order valence-electron chi connectivity index (χ2n) is 9.86. The second kappa shape index (κ2) is 16.2. The van der Waals surface area contributed by atoms with E-state index in [-0.39, 0.29) is 12.2 Å². The van der Waals surface area contributed by atoms with Gasteiger partial charge in [0.1, 0.15) is 13.2 Å². The largest absolute Gasteiger partial charge is 0.493 e. The molecule has 3 aromatic carbocycles. The van der Waals surface area contributed by atoms with Crippen LogP contribution in [0.25, 0.3) is 0 Å². The summed E-state index contributed by atoms with van der Waals surface area (Å²) >= 11 is 9.48. The van der Waals surface area contributed by atoms with Crippen molar-refractivity contribution in [3.8, 4) is 23.0 Å². The van der Waals surface area contributed by atoms with E-state index >= 15 is 0 Å². The molecule has 3 aromatic rings. The zero-order chi connectivity index (χ0) is 33.2. The summed E-state index contributed by atoms with van der Waals surface area (Å²) < 4.78 is 28.6. The third-order valence-electron chi connectivity index (χ3n) is 6.66. The summed E-state index contributed by atoms with van der Waals surface area (Å²) in [5.41, 5.74) is 5.48. The number of rotatable bonds is 14. The Hall–Kier alpha value is -4.46. The molecule has 0 radical (unpaired) electrons. The maximum atomic E-state index is 12.5. The SMILES string of the molecule is CCOc1cc([C@H]2NC(=O)NC(C)=C2C(=O)OC)ccc1OC[C@H](O)N/N=C\c1cc(Br)c(OCc2ccc(Cl)cc2)c(OC)c1. The van der Waals surface area contributed by atoms with Gasteiger partial charge in [-0.2, -0.15) is 5.10 Å². The number of carbonyl (C=O) groups excluding carboxylic acids is 2. The van der Waals surface area contributed by atoms with Gasteiger partial charge >= 0.3 is 12.0 Å². The molecule has 0 saturated heterocycles. The predicted molar refractivity (Wildman–Crippen MR) is 175 cm³/mol. The number of esters is 1. The molecule has 1 aliphatic rings. The summed E-state index contributed by atoms with van der Waals surface area (Å²) in [6.07, 6.45) is 0.347. The normalized spacial score (nSPS) is 15.1. The van der Waals surface area contributed by atoms with Gasteiger partial charge in [0.05, 0.1) is 43.1 Å². The Morgan fingerprint density at radius 2 is 1.85 bits per heavy atom. The van der Waals surface area contributed by atoms with Crippen LogP contribution in [0, 0.1) is 0 Å². The number of hydrogen-bond acceptors (Lipinski definition) is 10. The molecule has 0 aromatic heterocycles. The minimum absolute atomic E-state index is 0.169. The van der Waals surface area contributed by atoms with Crippen molar-refractivity contribution in [3.63, 3.8) is 0 Å². The number of allylic oxidation sites excluding steroid dienone is 1. The summed E-state index contributed by atoms with van der Waals surface area (Å²) in [4.78, 5) is 24.6. The molecule has 1 heterocycles. The van der Waals surface area contributed by atoms with Crippen LogP contribution in [0.5, 0.6) is 23.0 Å². The van der Waals surface area contributed by atoms with Crippen LogP contribution in [-0.2, 0) is 16.1 Å². The zero-order valence-electron chi connectivity index (χ0n) is 25.6. The Morgan fingerprint density at radius 3 is 2.54 bits per heavy atom. The number of carbonyl (C=O) groups is 2. The van der Waals surface area contributed by atoms with Crippen LogP contribution in [0.2, 0.25) is 5.02 Å². The highest BCUT2D eigenvalue weighted by atomic mass is 79.9. The van der Waals surface area contributed by atoms with Crippen LogP contribution < -0.4 is 35.0 Å². The van der Waals surface area contributed by atoms with Crippen molar-refractivity contribution >= 4 is 45.7 Å². The Bertz CT molecular complexity index is 1620. The fourth-order valence-electron chi connectivity index (χ4n) is 4.51. The second-order valence-corrected chi connectivity index (χ2v) is 11.2. The van der Waals surface area contributed by atoms with Gasteiger partial charge in [-0.15, -0.1) is 0 Å². The first-order valence-corrected chi connectivity index (χ1v) is 15.3. The van der Waals surface area contributed by atoms with Gasteiger partial charge in [-0.25, -0.2) is 9.59 Å². The average Bonchev–Trinajstić information content (AvgIpc) is 3.03. The average molecular weight is 718 g/mol. The van der Waals surface area contributed by atoms with E-state index in [1.165, 1.54) is 13.3 Å². The number of nitrogens with one attached hydrogen (secondary N) is 3. The number of halogens is 2. The number of hydrogen-bond donors (Lipinski definition) is 4. The Kier molecular flexibility index (Phi) is 12.1. The molecule has 0 saturated carbocycles. The van der Waals surface area contributed by atoms with E-state index in [1.54, 1.807) is 56.5 Å². The molecule has 0 spiro atoms. The number of amides is 2. The minimum Gasteiger partial charge on any atom is -0.493 e. The molecule has 0 fully saturated rings. The van der Waals surface area contributed by atoms with Gasteiger partial charge < -0.3 is 39.4 Å². The molecule has 4 N–H and O–H groups in total. The molecule has 0 bridgehead atoms. The lowest BCUT2D eigenvalue weighted by Crippen LogP contribution is -2.45. The molecule has 2 amide bonds. The number of benzene rings is 3. The third-order valence-corrected chi connectivity index (χ3v) is 7.50. The van der Waals surface area contributed by atoms with Gasteiger partial charge in [-0.3, -0.25) is 5.43 Å². The lowest BCUT2D eigenvalue weighted by molar-refractivity contribution is -0.136. The molecule has 46 heavy (non-hydrogen) atoms. The lowest BCUT2D eigenvalue weighted by atomic mass is 9.95. The topological polar surface area (TPSA) is 149 Å². The maximum Gasteiger partial charge on any atom is 0.337 e. The molecule has 4 rings (SSSR count). The zero-order valence-corrected chi connectivity index (χ0v) is 27.9. The van der Waals surface area contributed by atoms with Crippen LogP contribution >= 0.6 is 27.5 Å². The van der Waals surface area contributed by atoms with Crippen LogP contribution in [0.15, 0.2) is 75.4 Å². The van der Waals surface area contributed by atoms with Crippen molar-refractivity contribution in [3.05, 3.63) is 92.1 Å². The van der Waals surface area contributed by atoms with E-state index in [1.807, 2.05) is 19.1 Å². The first-order valence-electron chi connectivity index (χ1n) is 14.1. The molecule has 14 heteroatoms. The molecule has 0 aliphatic carbocycles. The van der Waals surface area contributed by atoms with Crippen LogP contribution in [-0.4, -0.2) is 57.0 Å². The first-order chi connectivity index (χ1) is 22.1. The molecular formula is C32H34BrClN4O8. The fraction of sp³-hybridized carbons (Fsp3) is 0.281. The number of ether oxygens (including phenoxy) is 5. The summed E-state index contributed by atoms with van der Waals surface area (Å²) in [6, 6.07) is 14.7. The highest BCUT2D eigenvalue weighted by molar-refractivity contribution is 9.10. The Labute approximate surface area is 279 Å².